The molecule has 10 nitrogen and oxygen atoms in total. The lowest BCUT2D eigenvalue weighted by molar-refractivity contribution is -0.155. The smallest absolute Gasteiger partial charge is 0.384 e. The number of piperazine rings is 1. The van der Waals surface area contributed by atoms with Crippen LogP contribution in [-0.4, -0.2) is 58.8 Å². The number of nitrogens with one attached hydrogen (secondary N) is 4. The minimum atomic E-state index is -4.30. The van der Waals surface area contributed by atoms with Crippen molar-refractivity contribution in [3.63, 3.8) is 0 Å². The van der Waals surface area contributed by atoms with Gasteiger partial charge in [0, 0.05) is 43.2 Å². The maximum Gasteiger partial charge on any atom is 0.405 e. The molecule has 1 saturated heterocycles. The van der Waals surface area contributed by atoms with Gasteiger partial charge in [-0.15, -0.1) is 0 Å². The van der Waals surface area contributed by atoms with Crippen molar-refractivity contribution >= 4 is 40.7 Å². The molecular formula is C24H28F3N9O. The zero-order chi connectivity index (χ0) is 26.6. The number of halogens is 3. The van der Waals surface area contributed by atoms with E-state index in [-0.39, 0.29) is 42.4 Å². The average Bonchev–Trinajstić information content (AvgIpc) is 2.84. The summed E-state index contributed by atoms with van der Waals surface area (Å²) in [6.07, 6.45) is -2.91. The van der Waals surface area contributed by atoms with Crippen LogP contribution in [0.25, 0.3) is 0 Å². The molecule has 1 atom stereocenters. The van der Waals surface area contributed by atoms with Gasteiger partial charge in [-0.25, -0.2) is 9.97 Å². The standard InChI is InChI=1S/C24H28F3N9O/c1-14(2)31-22(37)17-12-30-23(35-21(17)34-20-5-3-4-19(28)33-20)32-15-6-8-16(9-7-15)36-11-10-29-18(13-36)24(25,26)27/h3-9,12,14,18,29H,10-11,13H2,1-2H3,(H,31,37)(H4,28,30,32,33,34,35). The molecule has 3 heterocycles. The number of amides is 1. The van der Waals surface area contributed by atoms with E-state index in [9.17, 15) is 18.0 Å². The number of nitrogen functional groups attached to an aromatic ring is 1. The number of aromatic nitrogens is 3. The van der Waals surface area contributed by atoms with Gasteiger partial charge in [0.2, 0.25) is 5.95 Å². The highest BCUT2D eigenvalue weighted by Gasteiger charge is 2.42. The molecule has 1 amide bonds. The lowest BCUT2D eigenvalue weighted by Crippen LogP contribution is -2.57. The SMILES string of the molecule is CC(C)NC(=O)c1cnc(Nc2ccc(N3CCNC(C(F)(F)F)C3)cc2)nc1Nc1cccc(N)n1. The number of benzene rings is 1. The van der Waals surface area contributed by atoms with Gasteiger partial charge in [0.25, 0.3) is 5.91 Å². The van der Waals surface area contributed by atoms with E-state index in [1.807, 2.05) is 13.8 Å². The maximum absolute atomic E-state index is 13.1. The fourth-order valence-corrected chi connectivity index (χ4v) is 3.77. The van der Waals surface area contributed by atoms with Crippen molar-refractivity contribution in [1.29, 1.82) is 0 Å². The summed E-state index contributed by atoms with van der Waals surface area (Å²) in [5, 5.41) is 11.4. The Morgan fingerprint density at radius 1 is 1.14 bits per heavy atom. The predicted molar refractivity (Wildman–Crippen MR) is 136 cm³/mol. The van der Waals surface area contributed by atoms with Crippen LogP contribution in [0.2, 0.25) is 0 Å². The van der Waals surface area contributed by atoms with E-state index in [0.717, 1.165) is 0 Å². The third kappa shape index (κ3) is 6.76. The molecule has 0 bridgehead atoms. The Morgan fingerprint density at radius 3 is 2.57 bits per heavy atom. The van der Waals surface area contributed by atoms with Crippen molar-refractivity contribution in [1.82, 2.24) is 25.6 Å². The third-order valence-electron chi connectivity index (χ3n) is 5.53. The molecule has 1 fully saturated rings. The van der Waals surface area contributed by atoms with E-state index in [0.29, 0.717) is 29.6 Å². The molecule has 3 aromatic rings. The second-order valence-corrected chi connectivity index (χ2v) is 8.82. The molecule has 6 N–H and O–H groups in total. The Kier molecular flexibility index (Phi) is 7.62. The summed E-state index contributed by atoms with van der Waals surface area (Å²) in [6.45, 7) is 4.23. The highest BCUT2D eigenvalue weighted by molar-refractivity contribution is 5.99. The van der Waals surface area contributed by atoms with Crippen LogP contribution in [0.5, 0.6) is 0 Å². The number of hydrogen-bond donors (Lipinski definition) is 5. The minimum absolute atomic E-state index is 0.0933. The van der Waals surface area contributed by atoms with Crippen molar-refractivity contribution in [2.45, 2.75) is 32.1 Å². The van der Waals surface area contributed by atoms with Crippen molar-refractivity contribution in [2.75, 3.05) is 40.9 Å². The molecule has 4 rings (SSSR count). The fourth-order valence-electron chi connectivity index (χ4n) is 3.77. The molecule has 1 aliphatic rings. The monoisotopic (exact) mass is 515 g/mol. The molecular weight excluding hydrogens is 487 g/mol. The van der Waals surface area contributed by atoms with Gasteiger partial charge < -0.3 is 31.9 Å². The van der Waals surface area contributed by atoms with Gasteiger partial charge in [0.05, 0.1) is 0 Å². The van der Waals surface area contributed by atoms with E-state index in [2.05, 4.69) is 36.2 Å². The topological polar surface area (TPSA) is 133 Å². The number of nitrogens with two attached hydrogens (primary N) is 1. The van der Waals surface area contributed by atoms with E-state index in [1.165, 1.54) is 6.20 Å². The van der Waals surface area contributed by atoms with Crippen LogP contribution >= 0.6 is 0 Å². The Bertz CT molecular complexity index is 1230. The molecule has 2 aromatic heterocycles. The van der Waals surface area contributed by atoms with Gasteiger partial charge >= 0.3 is 6.18 Å². The molecule has 0 spiro atoms. The van der Waals surface area contributed by atoms with E-state index < -0.39 is 12.2 Å². The molecule has 1 aliphatic heterocycles. The minimum Gasteiger partial charge on any atom is -0.384 e. The second-order valence-electron chi connectivity index (χ2n) is 8.82. The van der Waals surface area contributed by atoms with Gasteiger partial charge in [0.15, 0.2) is 0 Å². The predicted octanol–water partition coefficient (Wildman–Crippen LogP) is 3.42. The summed E-state index contributed by atoms with van der Waals surface area (Å²) >= 11 is 0. The van der Waals surface area contributed by atoms with Crippen LogP contribution in [0.1, 0.15) is 24.2 Å². The largest absolute Gasteiger partial charge is 0.405 e. The molecule has 13 heteroatoms. The van der Waals surface area contributed by atoms with E-state index in [4.69, 9.17) is 5.73 Å². The maximum atomic E-state index is 13.1. The lowest BCUT2D eigenvalue weighted by Gasteiger charge is -2.36. The van der Waals surface area contributed by atoms with Crippen LogP contribution in [-0.2, 0) is 0 Å². The molecule has 1 aromatic carbocycles. The highest BCUT2D eigenvalue weighted by Crippen LogP contribution is 2.27. The van der Waals surface area contributed by atoms with Crippen LogP contribution in [0.4, 0.5) is 47.9 Å². The Balaban J connectivity index is 1.52. The van der Waals surface area contributed by atoms with Gasteiger partial charge in [-0.1, -0.05) is 6.07 Å². The number of anilines is 6. The Morgan fingerprint density at radius 2 is 1.89 bits per heavy atom. The van der Waals surface area contributed by atoms with Crippen molar-refractivity contribution < 1.29 is 18.0 Å². The first-order valence-electron chi connectivity index (χ1n) is 11.7. The van der Waals surface area contributed by atoms with Crippen LogP contribution < -0.4 is 31.9 Å². The number of hydrogen-bond acceptors (Lipinski definition) is 9. The van der Waals surface area contributed by atoms with Crippen LogP contribution in [0, 0.1) is 0 Å². The first-order valence-corrected chi connectivity index (χ1v) is 11.7. The quantitative estimate of drug-likeness (QED) is 0.321. The summed E-state index contributed by atoms with van der Waals surface area (Å²) in [5.74, 6) is 0.784. The molecule has 0 aliphatic carbocycles. The zero-order valence-electron chi connectivity index (χ0n) is 20.3. The van der Waals surface area contributed by atoms with Gasteiger partial charge in [-0.3, -0.25) is 4.79 Å². The van der Waals surface area contributed by atoms with E-state index >= 15 is 0 Å². The summed E-state index contributed by atoms with van der Waals surface area (Å²) in [4.78, 5) is 27.3. The second kappa shape index (κ2) is 10.9. The number of carbonyl (C=O) groups excluding carboxylic acids is 1. The normalized spacial score (nSPS) is 15.9. The molecule has 37 heavy (non-hydrogen) atoms. The van der Waals surface area contributed by atoms with Crippen molar-refractivity contribution in [3.05, 3.63) is 54.2 Å². The summed E-state index contributed by atoms with van der Waals surface area (Å²) < 4.78 is 39.3. The highest BCUT2D eigenvalue weighted by atomic mass is 19.4. The fraction of sp³-hybridized carbons (Fsp3) is 0.333. The molecule has 0 saturated carbocycles. The van der Waals surface area contributed by atoms with E-state index in [1.54, 1.807) is 47.4 Å². The van der Waals surface area contributed by atoms with Crippen LogP contribution in [0.15, 0.2) is 48.7 Å². The summed E-state index contributed by atoms with van der Waals surface area (Å²) in [6, 6.07) is 10.3. The zero-order valence-corrected chi connectivity index (χ0v) is 20.3. The molecule has 196 valence electrons. The first-order chi connectivity index (χ1) is 17.6. The number of alkyl halides is 3. The number of carbonyl (C=O) groups is 1. The number of rotatable bonds is 7. The Hall–Kier alpha value is -4.13. The molecule has 1 unspecified atom stereocenters. The molecule has 0 radical (unpaired) electrons. The van der Waals surface area contributed by atoms with Gasteiger partial charge in [0.1, 0.15) is 29.1 Å². The summed E-state index contributed by atoms with van der Waals surface area (Å²) in [7, 11) is 0. The van der Waals surface area contributed by atoms with Crippen LogP contribution in [0.3, 0.4) is 0 Å². The summed E-state index contributed by atoms with van der Waals surface area (Å²) in [5.41, 5.74) is 7.29. The lowest BCUT2D eigenvalue weighted by atomic mass is 10.1. The first kappa shape index (κ1) is 25.9. The van der Waals surface area contributed by atoms with Gasteiger partial charge in [-0.05, 0) is 50.2 Å². The van der Waals surface area contributed by atoms with Gasteiger partial charge in [-0.2, -0.15) is 18.2 Å². The van der Waals surface area contributed by atoms with Crippen molar-refractivity contribution in [2.24, 2.45) is 0 Å². The Labute approximate surface area is 211 Å². The number of pyridine rings is 1. The third-order valence-corrected chi connectivity index (χ3v) is 5.53. The average molecular weight is 516 g/mol. The van der Waals surface area contributed by atoms with Crippen molar-refractivity contribution in [3.8, 4) is 0 Å². The number of nitrogens with zero attached hydrogens (tertiary/aromatic N) is 4.